The number of aliphatic carboxylic acids is 1. The van der Waals surface area contributed by atoms with Gasteiger partial charge in [-0.2, -0.15) is 4.99 Å². The Morgan fingerprint density at radius 2 is 1.96 bits per heavy atom. The van der Waals surface area contributed by atoms with Crippen molar-refractivity contribution >= 4 is 44.3 Å². The first-order valence-corrected chi connectivity index (χ1v) is 11.4. The van der Waals surface area contributed by atoms with E-state index in [1.54, 1.807) is 0 Å². The summed E-state index contributed by atoms with van der Waals surface area (Å²) < 4.78 is 24.1. The molecule has 7 nitrogen and oxygen atoms in total. The molecule has 2 aliphatic heterocycles. The van der Waals surface area contributed by atoms with Crippen LogP contribution in [0.4, 0.5) is 5.69 Å². The number of carbonyl (C=O) groups is 2. The zero-order valence-electron chi connectivity index (χ0n) is 15.2. The molecule has 2 aliphatic rings. The standard InChI is InChI=1S/C18H22N2O5S2/c1-11-6-7-13(8-12(11)2)20-14-9-27(24,25)10-15(14)26-18(20)19-16(21)4-3-5-17(22)23/h6-8,14-15H,3-5,9-10H2,1-2H3,(H,22,23)/p-1/t14-,15+/m1/s1. The van der Waals surface area contributed by atoms with Crippen LogP contribution >= 0.6 is 11.8 Å². The topological polar surface area (TPSA) is 107 Å². The summed E-state index contributed by atoms with van der Waals surface area (Å²) >= 11 is 1.31. The molecule has 1 amide bonds. The highest BCUT2D eigenvalue weighted by molar-refractivity contribution is 8.16. The van der Waals surface area contributed by atoms with Crippen molar-refractivity contribution in [2.24, 2.45) is 4.99 Å². The monoisotopic (exact) mass is 409 g/mol. The minimum absolute atomic E-state index is 0.0203. The van der Waals surface area contributed by atoms with Gasteiger partial charge >= 0.3 is 0 Å². The molecule has 27 heavy (non-hydrogen) atoms. The Morgan fingerprint density at radius 3 is 2.63 bits per heavy atom. The highest BCUT2D eigenvalue weighted by atomic mass is 32.2. The number of amidine groups is 1. The number of benzene rings is 1. The van der Waals surface area contributed by atoms with Crippen LogP contribution in [-0.4, -0.2) is 48.3 Å². The largest absolute Gasteiger partial charge is 0.550 e. The Labute approximate surface area is 162 Å². The van der Waals surface area contributed by atoms with Crippen molar-refractivity contribution in [3.8, 4) is 0 Å². The number of carboxylic acid groups (broad SMARTS) is 1. The van der Waals surface area contributed by atoms with Crippen LogP contribution in [0.15, 0.2) is 23.2 Å². The lowest BCUT2D eigenvalue weighted by Crippen LogP contribution is -2.37. The zero-order chi connectivity index (χ0) is 19.8. The Morgan fingerprint density at radius 1 is 1.22 bits per heavy atom. The van der Waals surface area contributed by atoms with Gasteiger partial charge in [0.2, 0.25) is 5.91 Å². The molecule has 1 aromatic rings. The zero-order valence-corrected chi connectivity index (χ0v) is 16.8. The maximum Gasteiger partial charge on any atom is 0.248 e. The fraction of sp³-hybridized carbons (Fsp3) is 0.500. The van der Waals surface area contributed by atoms with Gasteiger partial charge in [0.25, 0.3) is 0 Å². The van der Waals surface area contributed by atoms with E-state index < -0.39 is 21.7 Å². The predicted molar refractivity (Wildman–Crippen MR) is 104 cm³/mol. The highest BCUT2D eigenvalue weighted by Gasteiger charge is 2.49. The summed E-state index contributed by atoms with van der Waals surface area (Å²) in [6.45, 7) is 3.98. The van der Waals surface area contributed by atoms with Gasteiger partial charge in [-0.25, -0.2) is 8.42 Å². The van der Waals surface area contributed by atoms with Gasteiger partial charge in [-0.05, 0) is 49.9 Å². The van der Waals surface area contributed by atoms with Crippen LogP contribution in [0.25, 0.3) is 0 Å². The molecule has 0 aliphatic carbocycles. The molecule has 3 rings (SSSR count). The second-order valence-corrected chi connectivity index (χ2v) is 10.3. The van der Waals surface area contributed by atoms with Crippen LogP contribution in [-0.2, 0) is 19.4 Å². The molecule has 0 aromatic heterocycles. The summed E-state index contributed by atoms with van der Waals surface area (Å²) in [4.78, 5) is 28.7. The van der Waals surface area contributed by atoms with E-state index in [9.17, 15) is 23.1 Å². The normalized spacial score (nSPS) is 25.0. The van der Waals surface area contributed by atoms with Crippen LogP contribution in [0.1, 0.15) is 30.4 Å². The number of sulfone groups is 1. The number of rotatable bonds is 5. The fourth-order valence-electron chi connectivity index (χ4n) is 3.29. The van der Waals surface area contributed by atoms with Gasteiger partial charge in [0.15, 0.2) is 15.0 Å². The number of amides is 1. The Kier molecular flexibility index (Phi) is 5.62. The van der Waals surface area contributed by atoms with Crippen molar-refractivity contribution in [1.82, 2.24) is 0 Å². The Bertz CT molecular complexity index is 910. The number of thioether (sulfide) groups is 1. The third-order valence-electron chi connectivity index (χ3n) is 4.83. The lowest BCUT2D eigenvalue weighted by atomic mass is 10.1. The van der Waals surface area contributed by atoms with E-state index in [-0.39, 0.29) is 42.1 Å². The van der Waals surface area contributed by atoms with Gasteiger partial charge in [-0.3, -0.25) is 4.79 Å². The quantitative estimate of drug-likeness (QED) is 0.709. The average Bonchev–Trinajstić information content (AvgIpc) is 3.00. The van der Waals surface area contributed by atoms with Crippen LogP contribution < -0.4 is 10.0 Å². The number of aliphatic imine (C=N–C) groups is 1. The van der Waals surface area contributed by atoms with E-state index >= 15 is 0 Å². The van der Waals surface area contributed by atoms with E-state index in [2.05, 4.69) is 4.99 Å². The van der Waals surface area contributed by atoms with Gasteiger partial charge < -0.3 is 14.8 Å². The van der Waals surface area contributed by atoms with E-state index in [0.29, 0.717) is 5.17 Å². The van der Waals surface area contributed by atoms with Crippen molar-refractivity contribution in [1.29, 1.82) is 0 Å². The SMILES string of the molecule is Cc1ccc(N2C(=NC(=O)CCCC(=O)[O-])S[C@H]3CS(=O)(=O)C[C@H]32)cc1C. The first-order chi connectivity index (χ1) is 12.7. The minimum Gasteiger partial charge on any atom is -0.550 e. The lowest BCUT2D eigenvalue weighted by Gasteiger charge is -2.25. The highest BCUT2D eigenvalue weighted by Crippen LogP contribution is 2.41. The second-order valence-electron chi connectivity index (χ2n) is 6.95. The number of nitrogens with zero attached hydrogens (tertiary/aromatic N) is 2. The average molecular weight is 410 g/mol. The summed E-state index contributed by atoms with van der Waals surface area (Å²) in [5.74, 6) is -1.49. The molecule has 0 radical (unpaired) electrons. The number of fused-ring (bicyclic) bond motifs is 1. The summed E-state index contributed by atoms with van der Waals surface area (Å²) in [7, 11) is -3.11. The Balaban J connectivity index is 1.88. The number of carbonyl (C=O) groups excluding carboxylic acids is 2. The molecule has 9 heteroatoms. The van der Waals surface area contributed by atoms with E-state index in [4.69, 9.17) is 0 Å². The first-order valence-electron chi connectivity index (χ1n) is 8.71. The number of hydrogen-bond acceptors (Lipinski definition) is 6. The molecule has 1 aromatic carbocycles. The number of carboxylic acids is 1. The van der Waals surface area contributed by atoms with Gasteiger partial charge in [0.1, 0.15) is 0 Å². The van der Waals surface area contributed by atoms with Crippen LogP contribution in [0.2, 0.25) is 0 Å². The van der Waals surface area contributed by atoms with Crippen molar-refractivity contribution in [2.45, 2.75) is 44.4 Å². The van der Waals surface area contributed by atoms with Gasteiger partial charge in [-0.15, -0.1) is 0 Å². The molecule has 0 unspecified atom stereocenters. The molecule has 2 fully saturated rings. The first kappa shape index (κ1) is 19.9. The molecular formula is C18H21N2O5S2-. The van der Waals surface area contributed by atoms with Crippen LogP contribution in [0.3, 0.4) is 0 Å². The summed E-state index contributed by atoms with van der Waals surface area (Å²) in [6.07, 6.45) is 0.00796. The molecule has 0 spiro atoms. The maximum absolute atomic E-state index is 12.2. The lowest BCUT2D eigenvalue weighted by molar-refractivity contribution is -0.305. The van der Waals surface area contributed by atoms with E-state index in [1.807, 2.05) is 36.9 Å². The summed E-state index contributed by atoms with van der Waals surface area (Å²) in [5.41, 5.74) is 3.01. The molecular weight excluding hydrogens is 388 g/mol. The Hall–Kier alpha value is -1.87. The molecule has 2 heterocycles. The van der Waals surface area contributed by atoms with Gasteiger partial charge in [0.05, 0.1) is 17.5 Å². The molecule has 0 bridgehead atoms. The number of aryl methyl sites for hydroxylation is 2. The van der Waals surface area contributed by atoms with Gasteiger partial charge in [0, 0.05) is 23.3 Å². The van der Waals surface area contributed by atoms with E-state index in [0.717, 1.165) is 16.8 Å². The van der Waals surface area contributed by atoms with Crippen LogP contribution in [0.5, 0.6) is 0 Å². The summed E-state index contributed by atoms with van der Waals surface area (Å²) in [6, 6.07) is 5.59. The predicted octanol–water partition coefficient (Wildman–Crippen LogP) is 0.825. The third-order valence-corrected chi connectivity index (χ3v) is 8.04. The smallest absolute Gasteiger partial charge is 0.248 e. The van der Waals surface area contributed by atoms with Crippen molar-refractivity contribution in [3.63, 3.8) is 0 Å². The number of anilines is 1. The fourth-order valence-corrected chi connectivity index (χ4v) is 7.22. The second kappa shape index (κ2) is 7.63. The van der Waals surface area contributed by atoms with Crippen molar-refractivity contribution in [2.75, 3.05) is 16.4 Å². The van der Waals surface area contributed by atoms with Gasteiger partial charge in [-0.1, -0.05) is 17.8 Å². The third kappa shape index (κ3) is 4.52. The molecule has 2 saturated heterocycles. The summed E-state index contributed by atoms with van der Waals surface area (Å²) in [5, 5.41) is 10.8. The number of hydrogen-bond donors (Lipinski definition) is 0. The minimum atomic E-state index is -3.11. The molecule has 0 saturated carbocycles. The van der Waals surface area contributed by atoms with Crippen molar-refractivity contribution in [3.05, 3.63) is 29.3 Å². The van der Waals surface area contributed by atoms with Crippen molar-refractivity contribution < 1.29 is 23.1 Å². The van der Waals surface area contributed by atoms with Crippen LogP contribution in [0, 0.1) is 13.8 Å². The molecule has 0 N–H and O–H groups in total. The maximum atomic E-state index is 12.2. The van der Waals surface area contributed by atoms with E-state index in [1.165, 1.54) is 11.8 Å². The molecule has 146 valence electrons. The molecule has 2 atom stereocenters.